The maximum Gasteiger partial charge on any atom is 0.348 e. The maximum atomic E-state index is 12.1. The monoisotopic (exact) mass is 401 g/mol. The average Bonchev–Trinajstić information content (AvgIpc) is 2.81. The smallest absolute Gasteiger partial charge is 0.348 e. The van der Waals surface area contributed by atoms with Gasteiger partial charge in [0, 0.05) is 13.7 Å². The number of aliphatic hydroxyl groups excluding tert-OH is 1. The van der Waals surface area contributed by atoms with E-state index in [0.29, 0.717) is 3.79 Å². The van der Waals surface area contributed by atoms with Crippen LogP contribution in [-0.4, -0.2) is 53.0 Å². The van der Waals surface area contributed by atoms with E-state index in [0.717, 1.165) is 11.3 Å². The Morgan fingerprint density at radius 2 is 2.19 bits per heavy atom. The molecule has 0 aliphatic rings. The number of hydrogen-bond donors (Lipinski definition) is 2. The van der Waals surface area contributed by atoms with Crippen LogP contribution in [0.5, 0.6) is 0 Å². The van der Waals surface area contributed by atoms with Gasteiger partial charge in [-0.2, -0.15) is 0 Å². The summed E-state index contributed by atoms with van der Waals surface area (Å²) in [7, 11) is -1.10. The molecule has 0 aromatic carbocycles. The van der Waals surface area contributed by atoms with Crippen LogP contribution in [0.25, 0.3) is 0 Å². The van der Waals surface area contributed by atoms with Crippen LogP contribution in [0.4, 0.5) is 0 Å². The number of sulfonamides is 1. The van der Waals surface area contributed by atoms with Gasteiger partial charge in [0.1, 0.15) is 9.77 Å². The molecule has 10 heteroatoms. The second kappa shape index (κ2) is 8.20. The Hall–Kier alpha value is -0.520. The number of methoxy groups -OCH3 is 2. The largest absolute Gasteiger partial charge is 0.465 e. The highest BCUT2D eigenvalue weighted by atomic mass is 79.9. The van der Waals surface area contributed by atoms with E-state index >= 15 is 0 Å². The minimum absolute atomic E-state index is 0.0332. The predicted molar refractivity (Wildman–Crippen MR) is 81.0 cm³/mol. The summed E-state index contributed by atoms with van der Waals surface area (Å²) in [6, 6.07) is 1.24. The fourth-order valence-electron chi connectivity index (χ4n) is 1.45. The quantitative estimate of drug-likeness (QED) is 0.629. The summed E-state index contributed by atoms with van der Waals surface area (Å²) < 4.78 is 36.2. The van der Waals surface area contributed by atoms with Gasteiger partial charge in [-0.05, 0) is 28.4 Å². The number of thiophene rings is 1. The van der Waals surface area contributed by atoms with Crippen molar-refractivity contribution in [3.8, 4) is 0 Å². The predicted octanol–water partition coefficient (Wildman–Crippen LogP) is 0.973. The lowest BCUT2D eigenvalue weighted by Crippen LogP contribution is -2.28. The van der Waals surface area contributed by atoms with Gasteiger partial charge in [0.05, 0.1) is 23.6 Å². The van der Waals surface area contributed by atoms with Gasteiger partial charge in [0.2, 0.25) is 10.0 Å². The molecule has 0 saturated heterocycles. The van der Waals surface area contributed by atoms with E-state index in [1.54, 1.807) is 0 Å². The van der Waals surface area contributed by atoms with Crippen LogP contribution in [0.1, 0.15) is 16.1 Å². The Bertz CT molecular complexity index is 586. The number of halogens is 1. The first kappa shape index (κ1) is 18.5. The second-order valence-corrected chi connectivity index (χ2v) is 8.14. The molecule has 1 aromatic heterocycles. The van der Waals surface area contributed by atoms with Crippen molar-refractivity contribution >= 4 is 43.3 Å². The van der Waals surface area contributed by atoms with E-state index in [-0.39, 0.29) is 29.3 Å². The number of ether oxygens (including phenoxy) is 2. The van der Waals surface area contributed by atoms with Crippen LogP contribution in [0.3, 0.4) is 0 Å². The van der Waals surface area contributed by atoms with E-state index < -0.39 is 22.1 Å². The molecule has 1 atom stereocenters. The number of esters is 1. The van der Waals surface area contributed by atoms with Crippen molar-refractivity contribution in [2.75, 3.05) is 27.4 Å². The Labute approximate surface area is 135 Å². The van der Waals surface area contributed by atoms with Crippen LogP contribution in [0.2, 0.25) is 0 Å². The summed E-state index contributed by atoms with van der Waals surface area (Å²) in [5, 5.41) is 9.45. The molecule has 120 valence electrons. The van der Waals surface area contributed by atoms with E-state index in [1.165, 1.54) is 20.3 Å². The number of aliphatic hydroxyl groups is 1. The first-order chi connectivity index (χ1) is 9.81. The number of rotatable bonds is 8. The summed E-state index contributed by atoms with van der Waals surface area (Å²) in [6.07, 6.45) is -0.521. The lowest BCUT2D eigenvalue weighted by atomic mass is 10.3. The minimum atomic E-state index is -3.77. The number of hydrogen-bond acceptors (Lipinski definition) is 7. The molecule has 0 bridgehead atoms. The molecule has 2 N–H and O–H groups in total. The van der Waals surface area contributed by atoms with Crippen molar-refractivity contribution in [1.29, 1.82) is 0 Å². The van der Waals surface area contributed by atoms with Crippen LogP contribution in [-0.2, 0) is 19.5 Å². The fraction of sp³-hybridized carbons (Fsp3) is 0.545. The van der Waals surface area contributed by atoms with Crippen LogP contribution in [0, 0.1) is 0 Å². The molecule has 1 unspecified atom stereocenters. The van der Waals surface area contributed by atoms with Gasteiger partial charge < -0.3 is 14.6 Å². The first-order valence-electron chi connectivity index (χ1n) is 5.86. The molecule has 0 aliphatic carbocycles. The van der Waals surface area contributed by atoms with Crippen molar-refractivity contribution in [2.45, 2.75) is 17.4 Å². The first-order valence-corrected chi connectivity index (χ1v) is 8.95. The van der Waals surface area contributed by atoms with E-state index in [2.05, 4.69) is 25.4 Å². The van der Waals surface area contributed by atoms with Gasteiger partial charge in [0.25, 0.3) is 0 Å². The highest BCUT2D eigenvalue weighted by Gasteiger charge is 2.23. The molecule has 7 nitrogen and oxygen atoms in total. The van der Waals surface area contributed by atoms with E-state index in [9.17, 15) is 18.3 Å². The molecule has 0 fully saturated rings. The highest BCUT2D eigenvalue weighted by Crippen LogP contribution is 2.31. The van der Waals surface area contributed by atoms with Crippen LogP contribution in [0.15, 0.2) is 14.7 Å². The second-order valence-electron chi connectivity index (χ2n) is 4.04. The zero-order valence-corrected chi connectivity index (χ0v) is 14.7. The molecule has 0 amide bonds. The fourth-order valence-corrected chi connectivity index (χ4v) is 4.98. The molecule has 1 rings (SSSR count). The van der Waals surface area contributed by atoms with Crippen molar-refractivity contribution in [1.82, 2.24) is 4.72 Å². The summed E-state index contributed by atoms with van der Waals surface area (Å²) >= 11 is 4.09. The molecule has 1 aromatic rings. The van der Waals surface area contributed by atoms with Gasteiger partial charge >= 0.3 is 5.97 Å². The SMILES string of the molecule is COCC(O)CCNS(=O)(=O)c1cc(C(=O)OC)sc1Br. The van der Waals surface area contributed by atoms with Crippen molar-refractivity contribution in [2.24, 2.45) is 0 Å². The normalized spacial score (nSPS) is 13.1. The maximum absolute atomic E-state index is 12.1. The third kappa shape index (κ3) is 5.31. The van der Waals surface area contributed by atoms with Crippen molar-refractivity contribution in [3.05, 3.63) is 14.7 Å². The lowest BCUT2D eigenvalue weighted by Gasteiger charge is -2.10. The topological polar surface area (TPSA) is 102 Å². The standard InChI is InChI=1S/C11H16BrNO6S2/c1-18-6-7(14)3-4-13-21(16,17)9-5-8(11(15)19-2)20-10(9)12/h5,7,13-14H,3-4,6H2,1-2H3. The summed E-state index contributed by atoms with van der Waals surface area (Å²) in [5.74, 6) is -0.599. The van der Waals surface area contributed by atoms with Gasteiger partial charge in [-0.1, -0.05) is 0 Å². The summed E-state index contributed by atoms with van der Waals surface area (Å²) in [6.45, 7) is 0.194. The number of nitrogens with one attached hydrogen (secondary N) is 1. The van der Waals surface area contributed by atoms with Gasteiger partial charge in [-0.3, -0.25) is 0 Å². The zero-order chi connectivity index (χ0) is 16.0. The van der Waals surface area contributed by atoms with Crippen LogP contribution < -0.4 is 4.72 Å². The number of carbonyl (C=O) groups excluding carboxylic acids is 1. The average molecular weight is 402 g/mol. The minimum Gasteiger partial charge on any atom is -0.465 e. The molecule has 0 spiro atoms. The lowest BCUT2D eigenvalue weighted by molar-refractivity contribution is 0.0602. The molecule has 21 heavy (non-hydrogen) atoms. The van der Waals surface area contributed by atoms with E-state index in [4.69, 9.17) is 4.74 Å². The Kier molecular flexibility index (Phi) is 7.24. The molecule has 0 saturated carbocycles. The Morgan fingerprint density at radius 3 is 2.76 bits per heavy atom. The molecule has 0 aliphatic heterocycles. The molecular weight excluding hydrogens is 386 g/mol. The van der Waals surface area contributed by atoms with Crippen molar-refractivity contribution < 1.29 is 27.8 Å². The molecule has 1 heterocycles. The summed E-state index contributed by atoms with van der Waals surface area (Å²) in [4.78, 5) is 11.5. The van der Waals surface area contributed by atoms with E-state index in [1.807, 2.05) is 0 Å². The molecular formula is C11H16BrNO6S2. The summed E-state index contributed by atoms with van der Waals surface area (Å²) in [5.41, 5.74) is 0. The van der Waals surface area contributed by atoms with Gasteiger partial charge in [-0.15, -0.1) is 11.3 Å². The molecule has 0 radical (unpaired) electrons. The Morgan fingerprint density at radius 1 is 1.52 bits per heavy atom. The van der Waals surface area contributed by atoms with Crippen molar-refractivity contribution in [3.63, 3.8) is 0 Å². The Balaban J connectivity index is 2.74. The number of carbonyl (C=O) groups is 1. The third-order valence-corrected chi connectivity index (χ3v) is 6.15. The zero-order valence-electron chi connectivity index (χ0n) is 11.5. The van der Waals surface area contributed by atoms with Gasteiger partial charge in [-0.25, -0.2) is 17.9 Å². The third-order valence-electron chi connectivity index (χ3n) is 2.46. The highest BCUT2D eigenvalue weighted by molar-refractivity contribution is 9.11. The van der Waals surface area contributed by atoms with Gasteiger partial charge in [0.15, 0.2) is 0 Å². The van der Waals surface area contributed by atoms with Crippen LogP contribution >= 0.6 is 27.3 Å².